The first-order valence-corrected chi connectivity index (χ1v) is 11.3. The Balaban J connectivity index is 0. The van der Waals surface area contributed by atoms with Gasteiger partial charge in [-0.05, 0) is 37.0 Å². The van der Waals surface area contributed by atoms with Gasteiger partial charge in [-0.15, -0.1) is 0 Å². The summed E-state index contributed by atoms with van der Waals surface area (Å²) in [4.78, 5) is 27.8. The Bertz CT molecular complexity index is 407. The van der Waals surface area contributed by atoms with Gasteiger partial charge in [0.2, 0.25) is 0 Å². The Morgan fingerprint density at radius 3 is 1.50 bits per heavy atom. The molecule has 28 heavy (non-hydrogen) atoms. The summed E-state index contributed by atoms with van der Waals surface area (Å²) in [7, 11) is 0. The number of unbranched alkanes of at least 4 members (excludes halogenated alkanes) is 7. The summed E-state index contributed by atoms with van der Waals surface area (Å²) < 4.78 is 5.06. The Morgan fingerprint density at radius 1 is 0.714 bits per heavy atom. The van der Waals surface area contributed by atoms with Crippen molar-refractivity contribution in [3.05, 3.63) is 0 Å². The molecule has 0 aliphatic heterocycles. The molecular weight excluding hydrogens is 352 g/mol. The van der Waals surface area contributed by atoms with Crippen molar-refractivity contribution in [3.8, 4) is 0 Å². The molecule has 0 spiro atoms. The van der Waals surface area contributed by atoms with E-state index in [1.807, 2.05) is 6.92 Å². The van der Waals surface area contributed by atoms with E-state index in [0.717, 1.165) is 6.42 Å². The fraction of sp³-hybridized carbons (Fsp3) is 0.917. The molecule has 0 radical (unpaired) electrons. The summed E-state index contributed by atoms with van der Waals surface area (Å²) in [5.74, 6) is -0.0467. The summed E-state index contributed by atoms with van der Waals surface area (Å²) in [6.45, 7) is 13.9. The van der Waals surface area contributed by atoms with Crippen molar-refractivity contribution in [2.45, 2.75) is 125 Å². The zero-order valence-corrected chi connectivity index (χ0v) is 19.5. The molecule has 4 heteroatoms. The van der Waals surface area contributed by atoms with E-state index in [1.165, 1.54) is 70.6 Å². The van der Waals surface area contributed by atoms with Gasteiger partial charge in [-0.3, -0.25) is 4.79 Å². The molecule has 0 saturated carbocycles. The molecule has 0 aromatic heterocycles. The Labute approximate surface area is 174 Å². The predicted molar refractivity (Wildman–Crippen MR) is 115 cm³/mol. The molecule has 0 unspecified atom stereocenters. The van der Waals surface area contributed by atoms with E-state index in [4.69, 9.17) is 14.3 Å². The molecule has 0 bridgehead atoms. The first-order valence-electron chi connectivity index (χ1n) is 11.3. The summed E-state index contributed by atoms with van der Waals surface area (Å²) >= 11 is 0. The van der Waals surface area contributed by atoms with Crippen LogP contribution in [0.2, 0.25) is 0 Å². The average molecular weight is 399 g/mol. The second-order valence-electron chi connectivity index (χ2n) is 9.47. The summed E-state index contributed by atoms with van der Waals surface area (Å²) in [6.07, 6.45) is 16.8. The number of ether oxygens (including phenoxy) is 1. The van der Waals surface area contributed by atoms with Crippen LogP contribution in [-0.4, -0.2) is 18.7 Å². The minimum absolute atomic E-state index is 0.0467. The molecule has 166 valence electrons. The minimum Gasteiger partial charge on any atom is -0.466 e. The van der Waals surface area contributed by atoms with Crippen LogP contribution in [0.15, 0.2) is 0 Å². The van der Waals surface area contributed by atoms with Crippen LogP contribution in [0.3, 0.4) is 0 Å². The van der Waals surface area contributed by atoms with E-state index in [2.05, 4.69) is 34.6 Å². The second kappa shape index (κ2) is 17.9. The molecule has 0 saturated heterocycles. The number of hydrogen-bond donors (Lipinski definition) is 0. The molecular formula is C24H46O4. The predicted octanol–water partition coefficient (Wildman–Crippen LogP) is 7.11. The van der Waals surface area contributed by atoms with Crippen molar-refractivity contribution in [3.63, 3.8) is 0 Å². The van der Waals surface area contributed by atoms with E-state index in [1.54, 1.807) is 0 Å². The van der Waals surface area contributed by atoms with E-state index in [9.17, 15) is 4.79 Å². The largest absolute Gasteiger partial charge is 0.466 e. The molecule has 4 nitrogen and oxygen atoms in total. The lowest BCUT2D eigenvalue weighted by Gasteiger charge is -2.23. The van der Waals surface area contributed by atoms with Crippen molar-refractivity contribution in [1.82, 2.24) is 0 Å². The van der Waals surface area contributed by atoms with Crippen molar-refractivity contribution in [2.75, 3.05) is 6.61 Å². The number of rotatable bonds is 16. The summed E-state index contributed by atoms with van der Waals surface area (Å²) in [5, 5.41) is 0. The van der Waals surface area contributed by atoms with Crippen LogP contribution >= 0.6 is 0 Å². The third-order valence-corrected chi connectivity index (χ3v) is 5.31. The van der Waals surface area contributed by atoms with Crippen LogP contribution < -0.4 is 0 Å². The molecule has 0 rings (SSSR count). The molecule has 0 fully saturated rings. The molecule has 0 atom stereocenters. The van der Waals surface area contributed by atoms with Crippen molar-refractivity contribution < 1.29 is 19.1 Å². The lowest BCUT2D eigenvalue weighted by Crippen LogP contribution is -2.18. The van der Waals surface area contributed by atoms with Crippen LogP contribution in [0.4, 0.5) is 0 Å². The lowest BCUT2D eigenvalue weighted by atomic mass is 9.82. The van der Waals surface area contributed by atoms with Crippen molar-refractivity contribution >= 4 is 12.1 Å². The maximum atomic E-state index is 11.6. The standard InChI is InChI=1S/C23H46O2.CO2/c1-7-17-22(3,4)18-15-13-11-9-10-12-14-16-19-23(5,6)20-21(24)25-8-2;2-1-3/h7-20H2,1-6H3;. The van der Waals surface area contributed by atoms with E-state index in [0.29, 0.717) is 18.4 Å². The number of hydrogen-bond acceptors (Lipinski definition) is 4. The first kappa shape index (κ1) is 29.1. The van der Waals surface area contributed by atoms with Crippen LogP contribution in [0, 0.1) is 10.8 Å². The summed E-state index contributed by atoms with van der Waals surface area (Å²) in [6, 6.07) is 0. The van der Waals surface area contributed by atoms with Crippen LogP contribution in [0.25, 0.3) is 0 Å². The van der Waals surface area contributed by atoms with Gasteiger partial charge in [-0.1, -0.05) is 92.4 Å². The Morgan fingerprint density at radius 2 is 1.11 bits per heavy atom. The zero-order chi connectivity index (χ0) is 21.9. The van der Waals surface area contributed by atoms with Gasteiger partial charge in [0.1, 0.15) is 0 Å². The van der Waals surface area contributed by atoms with Crippen molar-refractivity contribution in [1.29, 1.82) is 0 Å². The SMILES string of the molecule is CCCC(C)(C)CCCCCCCCCCC(C)(C)CC(=O)OCC.O=C=O. The average Bonchev–Trinajstić information content (AvgIpc) is 2.56. The molecule has 0 aliphatic carbocycles. The number of carbonyl (C=O) groups excluding carboxylic acids is 3. The highest BCUT2D eigenvalue weighted by molar-refractivity contribution is 5.70. The first-order chi connectivity index (χ1) is 13.1. The van der Waals surface area contributed by atoms with Gasteiger partial charge in [-0.2, -0.15) is 9.59 Å². The molecule has 0 aromatic carbocycles. The smallest absolute Gasteiger partial charge is 0.373 e. The quantitative estimate of drug-likeness (QED) is 0.205. The third kappa shape index (κ3) is 21.2. The minimum atomic E-state index is -0.0467. The highest BCUT2D eigenvalue weighted by Gasteiger charge is 2.22. The Kier molecular flexibility index (Phi) is 18.6. The third-order valence-electron chi connectivity index (χ3n) is 5.31. The topological polar surface area (TPSA) is 60.4 Å². The van der Waals surface area contributed by atoms with E-state index >= 15 is 0 Å². The lowest BCUT2D eigenvalue weighted by molar-refractivity contribution is -0.191. The van der Waals surface area contributed by atoms with Gasteiger partial charge >= 0.3 is 12.1 Å². The van der Waals surface area contributed by atoms with Crippen LogP contribution in [0.5, 0.6) is 0 Å². The normalized spacial score (nSPS) is 11.4. The highest BCUT2D eigenvalue weighted by atomic mass is 16.5. The van der Waals surface area contributed by atoms with E-state index in [-0.39, 0.29) is 17.5 Å². The zero-order valence-electron chi connectivity index (χ0n) is 19.5. The fourth-order valence-corrected chi connectivity index (χ4v) is 3.76. The molecule has 0 N–H and O–H groups in total. The molecule has 0 heterocycles. The van der Waals surface area contributed by atoms with Gasteiger partial charge in [0.25, 0.3) is 0 Å². The highest BCUT2D eigenvalue weighted by Crippen LogP contribution is 2.30. The van der Waals surface area contributed by atoms with Gasteiger partial charge in [-0.25, -0.2) is 0 Å². The van der Waals surface area contributed by atoms with Gasteiger partial charge in [0, 0.05) is 0 Å². The molecule has 0 amide bonds. The maximum Gasteiger partial charge on any atom is 0.373 e. The summed E-state index contributed by atoms with van der Waals surface area (Å²) in [5.41, 5.74) is 0.628. The van der Waals surface area contributed by atoms with Gasteiger partial charge < -0.3 is 4.74 Å². The number of carbonyl (C=O) groups is 1. The molecule has 0 aromatic rings. The molecule has 0 aliphatic rings. The van der Waals surface area contributed by atoms with Crippen LogP contribution in [-0.2, 0) is 19.1 Å². The van der Waals surface area contributed by atoms with Crippen molar-refractivity contribution in [2.24, 2.45) is 10.8 Å². The maximum absolute atomic E-state index is 11.6. The van der Waals surface area contributed by atoms with Crippen LogP contribution in [0.1, 0.15) is 125 Å². The van der Waals surface area contributed by atoms with Gasteiger partial charge in [0.15, 0.2) is 0 Å². The number of esters is 1. The Hall–Kier alpha value is -1.15. The monoisotopic (exact) mass is 398 g/mol. The fourth-order valence-electron chi connectivity index (χ4n) is 3.76. The second-order valence-corrected chi connectivity index (χ2v) is 9.47. The van der Waals surface area contributed by atoms with Gasteiger partial charge in [0.05, 0.1) is 13.0 Å². The van der Waals surface area contributed by atoms with E-state index < -0.39 is 0 Å².